The molecule has 0 aromatic carbocycles. The summed E-state index contributed by atoms with van der Waals surface area (Å²) >= 11 is 14.9. The van der Waals surface area contributed by atoms with Crippen LogP contribution in [0, 0.1) is 28.6 Å². The quantitative estimate of drug-likeness (QED) is 0.415. The van der Waals surface area contributed by atoms with E-state index in [1.165, 1.54) is 17.4 Å². The fraction of sp³-hybridized carbons (Fsp3) is 0.593. The molecule has 35 heavy (non-hydrogen) atoms. The third kappa shape index (κ3) is 3.12. The first-order valence-electron chi connectivity index (χ1n) is 12.1. The van der Waals surface area contributed by atoms with Crippen LogP contribution >= 0.6 is 34.5 Å². The Morgan fingerprint density at radius 1 is 1.29 bits per heavy atom. The van der Waals surface area contributed by atoms with E-state index in [4.69, 9.17) is 27.9 Å². The molecule has 0 saturated heterocycles. The number of hydrogen-bond acceptors (Lipinski definition) is 6. The van der Waals surface area contributed by atoms with Gasteiger partial charge in [0.05, 0.1) is 16.9 Å². The van der Waals surface area contributed by atoms with Crippen molar-refractivity contribution in [1.29, 1.82) is 0 Å². The monoisotopic (exact) mass is 536 g/mol. The smallest absolute Gasteiger partial charge is 0.349 e. The number of thiophene rings is 1. The first-order chi connectivity index (χ1) is 16.5. The normalized spacial score (nSPS) is 44.2. The predicted octanol–water partition coefficient (Wildman–Crippen LogP) is 5.34. The molecule has 1 aromatic heterocycles. The third-order valence-electron chi connectivity index (χ3n) is 9.69. The van der Waals surface area contributed by atoms with Crippen molar-refractivity contribution in [1.82, 2.24) is 0 Å². The van der Waals surface area contributed by atoms with Gasteiger partial charge < -0.3 is 9.84 Å². The molecule has 3 fully saturated rings. The number of alkyl halides is 2. The van der Waals surface area contributed by atoms with Crippen molar-refractivity contribution in [3.8, 4) is 0 Å². The standard InChI is InChI=1S/C27H30Cl2O5S/c1-15-11-19-18-7-6-16-12-17(30)8-9-24(16,2)26(18,29)21(31)13-25(19,3)27(15,22(32)14-28)34-23(33)20-5-4-10-35-20/h4-5,8-10,12,15,18-19,21,31H,6-7,11,13-14H2,1-3H3/t15-,18?,19?,21?,24?,25?,26+,27+/m1/s1. The van der Waals surface area contributed by atoms with Gasteiger partial charge in [0.2, 0.25) is 0 Å². The van der Waals surface area contributed by atoms with Gasteiger partial charge in [-0.25, -0.2) is 4.79 Å². The molecule has 0 aliphatic heterocycles. The van der Waals surface area contributed by atoms with Crippen LogP contribution < -0.4 is 0 Å². The summed E-state index contributed by atoms with van der Waals surface area (Å²) in [6.07, 6.45) is 6.23. The minimum Gasteiger partial charge on any atom is -0.446 e. The molecule has 8 atom stereocenters. The highest BCUT2D eigenvalue weighted by molar-refractivity contribution is 7.12. The van der Waals surface area contributed by atoms with Gasteiger partial charge in [-0.3, -0.25) is 9.59 Å². The topological polar surface area (TPSA) is 80.7 Å². The molecule has 0 bridgehead atoms. The van der Waals surface area contributed by atoms with Crippen LogP contribution in [0.5, 0.6) is 0 Å². The van der Waals surface area contributed by atoms with Crippen LogP contribution in [0.25, 0.3) is 0 Å². The van der Waals surface area contributed by atoms with E-state index in [1.54, 1.807) is 23.6 Å². The highest BCUT2D eigenvalue weighted by atomic mass is 35.5. The number of fused-ring (bicyclic) bond motifs is 5. The van der Waals surface area contributed by atoms with Gasteiger partial charge >= 0.3 is 5.97 Å². The molecule has 0 amide bonds. The van der Waals surface area contributed by atoms with Gasteiger partial charge in [-0.05, 0) is 61.1 Å². The molecule has 0 spiro atoms. The number of rotatable bonds is 4. The lowest BCUT2D eigenvalue weighted by atomic mass is 9.45. The van der Waals surface area contributed by atoms with Gasteiger partial charge in [0.15, 0.2) is 17.2 Å². The second-order valence-electron chi connectivity index (χ2n) is 11.1. The SMILES string of the molecule is C[C@@H]1CC2C3CCC4=CC(=O)C=CC4(C)[C@@]3(Cl)C(O)CC2(C)[C@@]1(OC(=O)c1cccs1)C(=O)CCl. The zero-order valence-corrected chi connectivity index (χ0v) is 22.4. The number of carbonyl (C=O) groups excluding carboxylic acids is 3. The van der Waals surface area contributed by atoms with Crippen LogP contribution in [0.4, 0.5) is 0 Å². The second kappa shape index (κ2) is 8.27. The number of esters is 1. The Balaban J connectivity index is 1.61. The van der Waals surface area contributed by atoms with Crippen molar-refractivity contribution < 1.29 is 24.2 Å². The largest absolute Gasteiger partial charge is 0.446 e. The van der Waals surface area contributed by atoms with Crippen LogP contribution in [-0.4, -0.2) is 45.1 Å². The fourth-order valence-corrected chi connectivity index (χ4v) is 9.41. The summed E-state index contributed by atoms with van der Waals surface area (Å²) in [4.78, 5) is 38.3. The number of ketones is 2. The Kier molecular flexibility index (Phi) is 5.95. The molecule has 3 saturated carbocycles. The van der Waals surface area contributed by atoms with Crippen molar-refractivity contribution >= 4 is 52.1 Å². The molecule has 1 aromatic rings. The molecular formula is C27H30Cl2O5S. The van der Waals surface area contributed by atoms with E-state index in [1.807, 2.05) is 26.8 Å². The molecule has 5 rings (SSSR count). The Labute approximate surface area is 219 Å². The maximum absolute atomic E-state index is 13.6. The molecule has 5 unspecified atom stereocenters. The minimum atomic E-state index is -1.46. The predicted molar refractivity (Wildman–Crippen MR) is 136 cm³/mol. The maximum Gasteiger partial charge on any atom is 0.349 e. The van der Waals surface area contributed by atoms with Gasteiger partial charge in [-0.15, -0.1) is 34.5 Å². The molecule has 8 heteroatoms. The maximum atomic E-state index is 13.6. The first-order valence-corrected chi connectivity index (χ1v) is 13.9. The number of carbonyl (C=O) groups is 3. The first kappa shape index (κ1) is 25.2. The van der Waals surface area contributed by atoms with Gasteiger partial charge in [-0.1, -0.05) is 38.5 Å². The Hall–Kier alpha value is -1.47. The molecule has 1 N–H and O–H groups in total. The molecule has 0 radical (unpaired) electrons. The van der Waals surface area contributed by atoms with Crippen molar-refractivity contribution in [3.05, 3.63) is 46.2 Å². The van der Waals surface area contributed by atoms with E-state index < -0.39 is 33.4 Å². The van der Waals surface area contributed by atoms with Crippen LogP contribution in [0.3, 0.4) is 0 Å². The number of ether oxygens (including phenoxy) is 1. The van der Waals surface area contributed by atoms with Crippen molar-refractivity contribution in [2.75, 3.05) is 5.88 Å². The molecule has 4 aliphatic rings. The zero-order valence-electron chi connectivity index (χ0n) is 20.1. The van der Waals surface area contributed by atoms with Crippen LogP contribution in [0.1, 0.15) is 56.1 Å². The average molecular weight is 538 g/mol. The van der Waals surface area contributed by atoms with Gasteiger partial charge in [0.1, 0.15) is 4.88 Å². The number of hydrogen-bond donors (Lipinski definition) is 1. The van der Waals surface area contributed by atoms with Gasteiger partial charge in [-0.2, -0.15) is 0 Å². The lowest BCUT2D eigenvalue weighted by Gasteiger charge is -2.64. The summed E-state index contributed by atoms with van der Waals surface area (Å²) in [6, 6.07) is 3.44. The van der Waals surface area contributed by atoms with E-state index in [2.05, 4.69) is 0 Å². The van der Waals surface area contributed by atoms with E-state index in [-0.39, 0.29) is 41.6 Å². The molecule has 4 aliphatic carbocycles. The Morgan fingerprint density at radius 2 is 2.03 bits per heavy atom. The van der Waals surface area contributed by atoms with Crippen molar-refractivity contribution in [3.63, 3.8) is 0 Å². The summed E-state index contributed by atoms with van der Waals surface area (Å²) in [5.74, 6) is -1.75. The van der Waals surface area contributed by atoms with Gasteiger partial charge in [0.25, 0.3) is 0 Å². The van der Waals surface area contributed by atoms with E-state index in [0.29, 0.717) is 24.1 Å². The van der Waals surface area contributed by atoms with E-state index in [0.717, 1.165) is 5.57 Å². The summed E-state index contributed by atoms with van der Waals surface area (Å²) in [5, 5.41) is 13.6. The Bertz CT molecular complexity index is 1140. The van der Waals surface area contributed by atoms with Crippen LogP contribution in [0.15, 0.2) is 41.3 Å². The van der Waals surface area contributed by atoms with E-state index in [9.17, 15) is 19.5 Å². The third-order valence-corrected chi connectivity index (χ3v) is 11.7. The Morgan fingerprint density at radius 3 is 2.69 bits per heavy atom. The average Bonchev–Trinajstić information content (AvgIpc) is 3.42. The number of halogens is 2. The van der Waals surface area contributed by atoms with Crippen LogP contribution in [-0.2, 0) is 14.3 Å². The fourth-order valence-electron chi connectivity index (χ4n) is 8.09. The number of allylic oxidation sites excluding steroid dienone is 4. The molecule has 1 heterocycles. The number of Topliss-reactive ketones (excluding diaryl/α,β-unsaturated/α-hetero) is 1. The zero-order chi connectivity index (χ0) is 25.4. The second-order valence-corrected chi connectivity index (χ2v) is 12.9. The summed E-state index contributed by atoms with van der Waals surface area (Å²) in [6.45, 7) is 5.90. The number of aliphatic hydroxyl groups excluding tert-OH is 1. The van der Waals surface area contributed by atoms with Crippen molar-refractivity contribution in [2.24, 2.45) is 28.6 Å². The molecular weight excluding hydrogens is 507 g/mol. The molecule has 5 nitrogen and oxygen atoms in total. The molecule has 188 valence electrons. The summed E-state index contributed by atoms with van der Waals surface area (Å²) in [5.41, 5.74) is -2.06. The lowest BCUT2D eigenvalue weighted by molar-refractivity contribution is -0.176. The number of aliphatic hydroxyl groups is 1. The van der Waals surface area contributed by atoms with Crippen LogP contribution in [0.2, 0.25) is 0 Å². The van der Waals surface area contributed by atoms with Crippen molar-refractivity contribution in [2.45, 2.75) is 63.0 Å². The van der Waals surface area contributed by atoms with E-state index >= 15 is 0 Å². The summed E-state index contributed by atoms with van der Waals surface area (Å²) in [7, 11) is 0. The highest BCUT2D eigenvalue weighted by Crippen LogP contribution is 2.72. The lowest BCUT2D eigenvalue weighted by Crippen LogP contribution is -2.69. The highest BCUT2D eigenvalue weighted by Gasteiger charge is 2.76. The van der Waals surface area contributed by atoms with Gasteiger partial charge in [0, 0.05) is 16.7 Å². The minimum absolute atomic E-state index is 0.0620. The summed E-state index contributed by atoms with van der Waals surface area (Å²) < 4.78 is 6.20.